The molecule has 0 saturated carbocycles. The van der Waals surface area contributed by atoms with Gasteiger partial charge in [0.25, 0.3) is 11.8 Å². The number of nitrogens with zero attached hydrogens (tertiary/aromatic N) is 1. The zero-order valence-electron chi connectivity index (χ0n) is 19.5. The lowest BCUT2D eigenvalue weighted by atomic mass is 9.95. The first-order valence-corrected chi connectivity index (χ1v) is 11.0. The molecule has 0 aromatic heterocycles. The van der Waals surface area contributed by atoms with Gasteiger partial charge in [-0.2, -0.15) is 0 Å². The molecule has 6 heteroatoms. The molecule has 0 N–H and O–H groups in total. The van der Waals surface area contributed by atoms with Crippen LogP contribution in [0.15, 0.2) is 73.3 Å². The van der Waals surface area contributed by atoms with Crippen LogP contribution < -0.4 is 14.2 Å². The fourth-order valence-electron chi connectivity index (χ4n) is 4.38. The Hall–Kier alpha value is -4.06. The second kappa shape index (κ2) is 9.83. The Morgan fingerprint density at radius 3 is 2.06 bits per heavy atom. The summed E-state index contributed by atoms with van der Waals surface area (Å²) in [7, 11) is 3.12. The fourth-order valence-corrected chi connectivity index (χ4v) is 4.38. The number of hydrogen-bond acceptors (Lipinski definition) is 5. The van der Waals surface area contributed by atoms with Crippen molar-refractivity contribution in [2.24, 2.45) is 0 Å². The van der Waals surface area contributed by atoms with Crippen molar-refractivity contribution in [2.45, 2.75) is 26.0 Å². The highest BCUT2D eigenvalue weighted by Gasteiger charge is 2.40. The van der Waals surface area contributed by atoms with E-state index in [0.29, 0.717) is 47.0 Å². The van der Waals surface area contributed by atoms with Crippen molar-refractivity contribution in [1.82, 2.24) is 4.90 Å². The normalized spacial score (nSPS) is 13.4. The zero-order valence-corrected chi connectivity index (χ0v) is 19.5. The van der Waals surface area contributed by atoms with Gasteiger partial charge in [0.2, 0.25) is 0 Å². The predicted molar refractivity (Wildman–Crippen MR) is 130 cm³/mol. The van der Waals surface area contributed by atoms with Crippen molar-refractivity contribution in [1.29, 1.82) is 0 Å². The van der Waals surface area contributed by atoms with Crippen molar-refractivity contribution in [3.05, 3.63) is 101 Å². The van der Waals surface area contributed by atoms with E-state index >= 15 is 0 Å². The summed E-state index contributed by atoms with van der Waals surface area (Å²) in [6, 6.07) is 17.8. The van der Waals surface area contributed by atoms with Gasteiger partial charge in [-0.25, -0.2) is 0 Å². The summed E-state index contributed by atoms with van der Waals surface area (Å²) in [5.41, 5.74) is 3.24. The van der Waals surface area contributed by atoms with Crippen LogP contribution in [-0.4, -0.2) is 30.9 Å². The molecule has 2 amide bonds. The van der Waals surface area contributed by atoms with Gasteiger partial charge in [0, 0.05) is 17.2 Å². The number of carbonyl (C=O) groups excluding carboxylic acids is 2. The van der Waals surface area contributed by atoms with Crippen molar-refractivity contribution in [3.8, 4) is 17.2 Å². The minimum absolute atomic E-state index is 0.328. The number of amides is 2. The van der Waals surface area contributed by atoms with Gasteiger partial charge in [0.15, 0.2) is 11.5 Å². The van der Waals surface area contributed by atoms with Crippen molar-refractivity contribution >= 4 is 11.8 Å². The first-order chi connectivity index (χ1) is 16.5. The number of carbonyl (C=O) groups is 2. The molecule has 0 fully saturated rings. The molecule has 0 saturated heterocycles. The number of fused-ring (bicyclic) bond motifs is 1. The lowest BCUT2D eigenvalue weighted by Gasteiger charge is -2.28. The lowest BCUT2D eigenvalue weighted by molar-refractivity contribution is 0.0593. The van der Waals surface area contributed by atoms with Gasteiger partial charge in [0.1, 0.15) is 12.4 Å². The van der Waals surface area contributed by atoms with Crippen molar-refractivity contribution in [3.63, 3.8) is 0 Å². The molecule has 1 aliphatic rings. The monoisotopic (exact) mass is 457 g/mol. The van der Waals surface area contributed by atoms with Crippen LogP contribution in [0.4, 0.5) is 0 Å². The standard InChI is InChI=1S/C28H27NO5/c1-5-11-22-25(18(2)29-27(30)20-14-9-10-15-21(20)28(29)31)23(32-3)16-24(33-4)26(22)34-17-19-12-7-6-8-13-19/h5-10,12-16,18H,1,11,17H2,2-4H3. The molecule has 34 heavy (non-hydrogen) atoms. The van der Waals surface area contributed by atoms with Gasteiger partial charge < -0.3 is 14.2 Å². The number of allylic oxidation sites excluding steroid dienone is 1. The third kappa shape index (κ3) is 4.03. The average Bonchev–Trinajstić information content (AvgIpc) is 3.12. The Balaban J connectivity index is 1.81. The van der Waals surface area contributed by atoms with E-state index in [9.17, 15) is 9.59 Å². The van der Waals surface area contributed by atoms with Crippen LogP contribution in [0.25, 0.3) is 0 Å². The summed E-state index contributed by atoms with van der Waals surface area (Å²) >= 11 is 0. The molecule has 6 nitrogen and oxygen atoms in total. The number of rotatable bonds is 9. The minimum atomic E-state index is -0.609. The molecule has 1 heterocycles. The van der Waals surface area contributed by atoms with Crippen LogP contribution in [0.5, 0.6) is 17.2 Å². The van der Waals surface area contributed by atoms with Crippen molar-refractivity contribution in [2.75, 3.05) is 14.2 Å². The molecule has 0 aliphatic carbocycles. The second-order valence-corrected chi connectivity index (χ2v) is 7.97. The van der Waals surface area contributed by atoms with Crippen LogP contribution in [-0.2, 0) is 13.0 Å². The Bertz CT molecular complexity index is 1200. The van der Waals surface area contributed by atoms with E-state index in [-0.39, 0.29) is 11.8 Å². The first kappa shape index (κ1) is 23.1. The Kier molecular flexibility index (Phi) is 6.68. The van der Waals surface area contributed by atoms with Crippen molar-refractivity contribution < 1.29 is 23.8 Å². The maximum absolute atomic E-state index is 13.2. The number of ether oxygens (including phenoxy) is 3. The fraction of sp³-hybridized carbons (Fsp3) is 0.214. The minimum Gasteiger partial charge on any atom is -0.496 e. The molecule has 0 radical (unpaired) electrons. The predicted octanol–water partition coefficient (Wildman–Crippen LogP) is 5.37. The van der Waals surface area contributed by atoms with Crippen LogP contribution in [0, 0.1) is 0 Å². The molecule has 4 rings (SSSR count). The molecular weight excluding hydrogens is 430 g/mol. The molecule has 1 aliphatic heterocycles. The van der Waals surface area contributed by atoms with E-state index in [4.69, 9.17) is 14.2 Å². The summed E-state index contributed by atoms with van der Waals surface area (Å²) in [6.07, 6.45) is 2.18. The van der Waals surface area contributed by atoms with E-state index in [2.05, 4.69) is 6.58 Å². The lowest BCUT2D eigenvalue weighted by Crippen LogP contribution is -2.33. The van der Waals surface area contributed by atoms with Gasteiger partial charge in [0.05, 0.1) is 31.4 Å². The summed E-state index contributed by atoms with van der Waals surface area (Å²) in [5.74, 6) is 0.878. The molecule has 174 valence electrons. The molecule has 3 aromatic carbocycles. The molecular formula is C28H27NO5. The highest BCUT2D eigenvalue weighted by molar-refractivity contribution is 6.21. The molecule has 3 aromatic rings. The van der Waals surface area contributed by atoms with Gasteiger partial charge in [-0.1, -0.05) is 48.5 Å². The number of hydrogen-bond donors (Lipinski definition) is 0. The van der Waals surface area contributed by atoms with Gasteiger partial charge in [-0.3, -0.25) is 14.5 Å². The van der Waals surface area contributed by atoms with Crippen LogP contribution in [0.2, 0.25) is 0 Å². The summed E-state index contributed by atoms with van der Waals surface area (Å²) in [4.78, 5) is 27.7. The maximum Gasteiger partial charge on any atom is 0.262 e. The zero-order chi connectivity index (χ0) is 24.2. The van der Waals surface area contributed by atoms with E-state index < -0.39 is 6.04 Å². The Labute approximate surface area is 199 Å². The SMILES string of the molecule is C=CCc1c(OCc2ccccc2)c(OC)cc(OC)c1C(C)N1C(=O)c2ccccc2C1=O. The van der Waals surface area contributed by atoms with Crippen LogP contribution in [0.1, 0.15) is 50.4 Å². The summed E-state index contributed by atoms with van der Waals surface area (Å²) in [6.45, 7) is 6.05. The quantitative estimate of drug-likeness (QED) is 0.319. The van der Waals surface area contributed by atoms with E-state index in [0.717, 1.165) is 11.1 Å². The third-order valence-corrected chi connectivity index (χ3v) is 6.00. The first-order valence-electron chi connectivity index (χ1n) is 11.0. The second-order valence-electron chi connectivity index (χ2n) is 7.97. The summed E-state index contributed by atoms with van der Waals surface area (Å²) in [5, 5.41) is 0. The number of methoxy groups -OCH3 is 2. The van der Waals surface area contributed by atoms with E-state index in [1.807, 2.05) is 37.3 Å². The van der Waals surface area contributed by atoms with Gasteiger partial charge >= 0.3 is 0 Å². The third-order valence-electron chi connectivity index (χ3n) is 6.00. The molecule has 1 unspecified atom stereocenters. The maximum atomic E-state index is 13.2. The number of benzene rings is 3. The van der Waals surface area contributed by atoms with Gasteiger partial charge in [-0.15, -0.1) is 6.58 Å². The highest BCUT2D eigenvalue weighted by Crippen LogP contribution is 2.45. The summed E-state index contributed by atoms with van der Waals surface area (Å²) < 4.78 is 17.6. The highest BCUT2D eigenvalue weighted by atomic mass is 16.5. The average molecular weight is 458 g/mol. The topological polar surface area (TPSA) is 65.1 Å². The van der Waals surface area contributed by atoms with E-state index in [1.165, 1.54) is 4.90 Å². The van der Waals surface area contributed by atoms with E-state index in [1.54, 1.807) is 50.6 Å². The number of imide groups is 1. The Morgan fingerprint density at radius 2 is 1.50 bits per heavy atom. The molecule has 1 atom stereocenters. The van der Waals surface area contributed by atoms with Crippen LogP contribution in [0.3, 0.4) is 0 Å². The van der Waals surface area contributed by atoms with Gasteiger partial charge in [-0.05, 0) is 31.0 Å². The largest absolute Gasteiger partial charge is 0.496 e. The van der Waals surface area contributed by atoms with Crippen LogP contribution >= 0.6 is 0 Å². The smallest absolute Gasteiger partial charge is 0.262 e. The Morgan fingerprint density at radius 1 is 0.912 bits per heavy atom. The molecule has 0 spiro atoms. The molecule has 0 bridgehead atoms.